The molecule has 1 fully saturated rings. The van der Waals surface area contributed by atoms with Gasteiger partial charge in [0.05, 0.1) is 24.8 Å². The lowest BCUT2D eigenvalue weighted by Crippen LogP contribution is -2.39. The van der Waals surface area contributed by atoms with Gasteiger partial charge >= 0.3 is 5.97 Å². The second-order valence-electron chi connectivity index (χ2n) is 4.77. The second-order valence-corrected chi connectivity index (χ2v) is 4.77. The normalized spacial score (nSPS) is 22.8. The van der Waals surface area contributed by atoms with Crippen molar-refractivity contribution in [1.29, 1.82) is 10.5 Å². The Morgan fingerprint density at radius 1 is 1.32 bits per heavy atom. The van der Waals surface area contributed by atoms with E-state index in [-0.39, 0.29) is 23.6 Å². The zero-order chi connectivity index (χ0) is 16.1. The third-order valence-electron chi connectivity index (χ3n) is 3.53. The number of methoxy groups -OCH3 is 1. The molecule has 0 spiro atoms. The van der Waals surface area contributed by atoms with Crippen molar-refractivity contribution in [3.63, 3.8) is 0 Å². The van der Waals surface area contributed by atoms with Crippen LogP contribution in [0.25, 0.3) is 0 Å². The highest BCUT2D eigenvalue weighted by molar-refractivity contribution is 5.95. The van der Waals surface area contributed by atoms with Crippen LogP contribution in [0.1, 0.15) is 17.9 Å². The molecule has 110 valence electrons. The molecule has 0 aromatic heterocycles. The summed E-state index contributed by atoms with van der Waals surface area (Å²) in [6, 6.07) is 12.9. The van der Waals surface area contributed by atoms with Gasteiger partial charge in [-0.1, -0.05) is 30.3 Å². The van der Waals surface area contributed by atoms with Gasteiger partial charge in [0, 0.05) is 12.3 Å². The molecule has 1 aromatic carbocycles. The molecule has 0 saturated carbocycles. The Hall–Kier alpha value is -3.12. The zero-order valence-corrected chi connectivity index (χ0v) is 11.9. The highest BCUT2D eigenvalue weighted by Crippen LogP contribution is 2.36. The first-order chi connectivity index (χ1) is 10.6. The molecule has 1 aliphatic rings. The van der Waals surface area contributed by atoms with E-state index in [9.17, 15) is 14.9 Å². The van der Waals surface area contributed by atoms with Crippen LogP contribution in [0.3, 0.4) is 0 Å². The molecule has 1 amide bonds. The quantitative estimate of drug-likeness (QED) is 0.504. The van der Waals surface area contributed by atoms with Gasteiger partial charge in [-0.2, -0.15) is 10.5 Å². The number of piperidine rings is 1. The van der Waals surface area contributed by atoms with Crippen molar-refractivity contribution in [3.8, 4) is 12.1 Å². The van der Waals surface area contributed by atoms with E-state index in [0.29, 0.717) is 0 Å². The summed E-state index contributed by atoms with van der Waals surface area (Å²) in [6.07, 6.45) is 0.117. The first-order valence-corrected chi connectivity index (χ1v) is 6.59. The summed E-state index contributed by atoms with van der Waals surface area (Å²) in [5.41, 5.74) is 0.480. The molecule has 1 N–H and O–H groups in total. The molecule has 6 nitrogen and oxygen atoms in total. The number of allylic oxidation sites excluding steroid dienone is 1. The highest BCUT2D eigenvalue weighted by Gasteiger charge is 2.37. The van der Waals surface area contributed by atoms with E-state index < -0.39 is 17.8 Å². The van der Waals surface area contributed by atoms with E-state index in [2.05, 4.69) is 16.1 Å². The van der Waals surface area contributed by atoms with E-state index in [4.69, 9.17) is 5.26 Å². The van der Waals surface area contributed by atoms with Crippen LogP contribution >= 0.6 is 0 Å². The fourth-order valence-electron chi connectivity index (χ4n) is 2.50. The van der Waals surface area contributed by atoms with Gasteiger partial charge in [-0.15, -0.1) is 0 Å². The Morgan fingerprint density at radius 3 is 2.55 bits per heavy atom. The number of amides is 1. The third-order valence-corrected chi connectivity index (χ3v) is 3.53. The number of esters is 1. The standard InChI is InChI=1S/C16H13N3O3/c1-22-16(21)13(9-18)15-12(8-17)11(7-14(20)19-15)10-5-3-2-4-6-10/h2-6,11-12H,7H2,1H3,(H,19,20). The first-order valence-electron chi connectivity index (χ1n) is 6.59. The molecular formula is C16H13N3O3. The van der Waals surface area contributed by atoms with E-state index in [1.54, 1.807) is 6.07 Å². The number of nitriles is 2. The fourth-order valence-corrected chi connectivity index (χ4v) is 2.50. The van der Waals surface area contributed by atoms with E-state index in [1.165, 1.54) is 0 Å². The van der Waals surface area contributed by atoms with Gasteiger partial charge in [-0.25, -0.2) is 4.79 Å². The molecule has 22 heavy (non-hydrogen) atoms. The molecule has 1 heterocycles. The highest BCUT2D eigenvalue weighted by atomic mass is 16.5. The van der Waals surface area contributed by atoms with E-state index in [0.717, 1.165) is 12.7 Å². The number of hydrogen-bond acceptors (Lipinski definition) is 5. The van der Waals surface area contributed by atoms with E-state index >= 15 is 0 Å². The van der Waals surface area contributed by atoms with Gasteiger partial charge < -0.3 is 10.1 Å². The van der Waals surface area contributed by atoms with Crippen molar-refractivity contribution in [3.05, 3.63) is 47.2 Å². The van der Waals surface area contributed by atoms with Crippen molar-refractivity contribution < 1.29 is 14.3 Å². The van der Waals surface area contributed by atoms with Crippen LogP contribution in [0.15, 0.2) is 41.6 Å². The van der Waals surface area contributed by atoms with Crippen LogP contribution in [-0.4, -0.2) is 19.0 Å². The van der Waals surface area contributed by atoms with Crippen molar-refractivity contribution >= 4 is 11.9 Å². The van der Waals surface area contributed by atoms with Crippen LogP contribution < -0.4 is 5.32 Å². The SMILES string of the molecule is COC(=O)C(C#N)=C1NC(=O)CC(c2ccccc2)C1C#N. The summed E-state index contributed by atoms with van der Waals surface area (Å²) in [4.78, 5) is 23.6. The zero-order valence-electron chi connectivity index (χ0n) is 11.9. The van der Waals surface area contributed by atoms with Crippen molar-refractivity contribution in [2.45, 2.75) is 12.3 Å². The van der Waals surface area contributed by atoms with Crippen molar-refractivity contribution in [1.82, 2.24) is 5.32 Å². The Bertz CT molecular complexity index is 710. The second kappa shape index (κ2) is 6.55. The lowest BCUT2D eigenvalue weighted by Gasteiger charge is -2.30. The Balaban J connectivity index is 2.54. The van der Waals surface area contributed by atoms with Gasteiger partial charge in [0.25, 0.3) is 0 Å². The maximum absolute atomic E-state index is 11.9. The van der Waals surface area contributed by atoms with E-state index in [1.807, 2.05) is 30.3 Å². The predicted molar refractivity (Wildman–Crippen MR) is 75.7 cm³/mol. The first kappa shape index (κ1) is 15.3. The Kier molecular flexibility index (Phi) is 4.55. The molecule has 1 saturated heterocycles. The summed E-state index contributed by atoms with van der Waals surface area (Å²) in [7, 11) is 1.14. The summed E-state index contributed by atoms with van der Waals surface area (Å²) in [5.74, 6) is -2.42. The minimum Gasteiger partial charge on any atom is -0.465 e. The molecule has 0 radical (unpaired) electrons. The molecule has 6 heteroatoms. The molecule has 2 unspecified atom stereocenters. The topological polar surface area (TPSA) is 103 Å². The van der Waals surface area contributed by atoms with Crippen LogP contribution in [-0.2, 0) is 14.3 Å². The summed E-state index contributed by atoms with van der Waals surface area (Å²) >= 11 is 0. The molecule has 1 aromatic rings. The lowest BCUT2D eigenvalue weighted by atomic mass is 9.78. The predicted octanol–water partition coefficient (Wildman–Crippen LogP) is 1.38. The minimum atomic E-state index is -0.869. The Morgan fingerprint density at radius 2 is 2.00 bits per heavy atom. The number of rotatable bonds is 2. The van der Waals surface area contributed by atoms with Crippen LogP contribution in [0.4, 0.5) is 0 Å². The van der Waals surface area contributed by atoms with Gasteiger partial charge in [-0.3, -0.25) is 4.79 Å². The molecule has 1 aliphatic heterocycles. The number of carbonyl (C=O) groups is 2. The number of hydrogen-bond donors (Lipinski definition) is 1. The molecule has 2 atom stereocenters. The number of benzene rings is 1. The average Bonchev–Trinajstić information content (AvgIpc) is 2.55. The van der Waals surface area contributed by atoms with Crippen LogP contribution in [0.2, 0.25) is 0 Å². The molecular weight excluding hydrogens is 282 g/mol. The number of carbonyl (C=O) groups excluding carboxylic acids is 2. The fraction of sp³-hybridized carbons (Fsp3) is 0.250. The van der Waals surface area contributed by atoms with Crippen molar-refractivity contribution in [2.24, 2.45) is 5.92 Å². The molecule has 0 bridgehead atoms. The number of nitrogens with zero attached hydrogens (tertiary/aromatic N) is 2. The average molecular weight is 295 g/mol. The third kappa shape index (κ3) is 2.82. The number of nitrogens with one attached hydrogen (secondary N) is 1. The number of ether oxygens (including phenoxy) is 1. The summed E-state index contributed by atoms with van der Waals surface area (Å²) < 4.78 is 4.55. The lowest BCUT2D eigenvalue weighted by molar-refractivity contribution is -0.135. The Labute approximate surface area is 127 Å². The van der Waals surface area contributed by atoms with Crippen LogP contribution in [0.5, 0.6) is 0 Å². The van der Waals surface area contributed by atoms with Gasteiger partial charge in [-0.05, 0) is 5.56 Å². The monoisotopic (exact) mass is 295 g/mol. The van der Waals surface area contributed by atoms with Gasteiger partial charge in [0.1, 0.15) is 6.07 Å². The largest absolute Gasteiger partial charge is 0.465 e. The van der Waals surface area contributed by atoms with Gasteiger partial charge in [0.15, 0.2) is 5.57 Å². The maximum atomic E-state index is 11.9. The maximum Gasteiger partial charge on any atom is 0.350 e. The molecule has 2 rings (SSSR count). The van der Waals surface area contributed by atoms with Gasteiger partial charge in [0.2, 0.25) is 5.91 Å². The van der Waals surface area contributed by atoms with Crippen molar-refractivity contribution in [2.75, 3.05) is 7.11 Å². The minimum absolute atomic E-state index is 0.0157. The summed E-state index contributed by atoms with van der Waals surface area (Å²) in [6.45, 7) is 0. The molecule has 0 aliphatic carbocycles. The summed E-state index contributed by atoms with van der Waals surface area (Å²) in [5, 5.41) is 21.1. The smallest absolute Gasteiger partial charge is 0.350 e. The van der Waals surface area contributed by atoms with Crippen LogP contribution in [0, 0.1) is 28.6 Å².